The van der Waals surface area contributed by atoms with E-state index in [1.54, 1.807) is 38.5 Å². The van der Waals surface area contributed by atoms with Crippen molar-refractivity contribution in [3.05, 3.63) is 59.7 Å². The number of hydrogen-bond acceptors (Lipinski definition) is 3. The molecule has 0 fully saturated rings. The van der Waals surface area contributed by atoms with Gasteiger partial charge in [0.1, 0.15) is 11.5 Å². The second-order valence-corrected chi connectivity index (χ2v) is 4.23. The first-order valence-electron chi connectivity index (χ1n) is 6.58. The highest BCUT2D eigenvalue weighted by Crippen LogP contribution is 2.16. The molecule has 22 heavy (non-hydrogen) atoms. The second kappa shape index (κ2) is 7.57. The van der Waals surface area contributed by atoms with Gasteiger partial charge in [-0.2, -0.15) is 0 Å². The van der Waals surface area contributed by atoms with E-state index in [0.717, 1.165) is 0 Å². The van der Waals surface area contributed by atoms with Gasteiger partial charge in [0.15, 0.2) is 0 Å². The molecule has 0 aromatic heterocycles. The van der Waals surface area contributed by atoms with Crippen molar-refractivity contribution in [2.24, 2.45) is 0 Å². The minimum Gasteiger partial charge on any atom is -0.495 e. The van der Waals surface area contributed by atoms with Crippen LogP contribution in [-0.4, -0.2) is 20.0 Å². The largest absolute Gasteiger partial charge is 0.495 e. The first kappa shape index (κ1) is 15.2. The van der Waals surface area contributed by atoms with Crippen LogP contribution in [0.5, 0.6) is 11.5 Å². The summed E-state index contributed by atoms with van der Waals surface area (Å²) in [5.41, 5.74) is 1.30. The lowest BCUT2D eigenvalue weighted by molar-refractivity contribution is -0.108. The molecule has 2 aromatic carbocycles. The molecule has 0 unspecified atom stereocenters. The van der Waals surface area contributed by atoms with Gasteiger partial charge in [0.2, 0.25) is 0 Å². The molecule has 0 saturated carbocycles. The molecule has 0 atom stereocenters. The van der Waals surface area contributed by atoms with E-state index in [1.165, 1.54) is 0 Å². The van der Waals surface area contributed by atoms with E-state index in [2.05, 4.69) is 23.7 Å². The molecule has 0 aliphatic carbocycles. The average molecular weight is 290 g/mol. The molecule has 3 nitrogen and oxygen atoms in total. The van der Waals surface area contributed by atoms with Gasteiger partial charge in [-0.3, -0.25) is 4.79 Å². The van der Waals surface area contributed by atoms with Gasteiger partial charge in [0.25, 0.3) is 5.78 Å². The van der Waals surface area contributed by atoms with Crippen molar-refractivity contribution in [2.75, 3.05) is 14.2 Å². The molecule has 0 saturated heterocycles. The SMILES string of the molecule is COc1ccccc1C#CC(=O)C#Cc1ccccc1OC. The van der Waals surface area contributed by atoms with E-state index in [0.29, 0.717) is 22.6 Å². The molecule has 0 heterocycles. The Labute approximate surface area is 129 Å². The molecular formula is C19H14O3. The van der Waals surface area contributed by atoms with Crippen LogP contribution in [0, 0.1) is 23.7 Å². The number of ether oxygens (including phenoxy) is 2. The molecule has 0 N–H and O–H groups in total. The van der Waals surface area contributed by atoms with Gasteiger partial charge in [0.05, 0.1) is 25.3 Å². The lowest BCUT2D eigenvalue weighted by atomic mass is 10.2. The number of hydrogen-bond donors (Lipinski definition) is 0. The summed E-state index contributed by atoms with van der Waals surface area (Å²) in [6.07, 6.45) is 0. The van der Waals surface area contributed by atoms with Crippen LogP contribution in [0.25, 0.3) is 0 Å². The van der Waals surface area contributed by atoms with Crippen molar-refractivity contribution in [1.29, 1.82) is 0 Å². The van der Waals surface area contributed by atoms with Crippen LogP contribution < -0.4 is 9.47 Å². The summed E-state index contributed by atoms with van der Waals surface area (Å²) >= 11 is 0. The first-order valence-corrected chi connectivity index (χ1v) is 6.58. The van der Waals surface area contributed by atoms with Crippen LogP contribution >= 0.6 is 0 Å². The Morgan fingerprint density at radius 1 is 0.773 bits per heavy atom. The standard InChI is InChI=1S/C19H14O3/c1-21-18-9-5-3-7-15(18)11-13-17(20)14-12-16-8-4-6-10-19(16)22-2/h3-10H,1-2H3. The maximum absolute atomic E-state index is 11.8. The summed E-state index contributed by atoms with van der Waals surface area (Å²) in [5.74, 6) is 11.3. The number of para-hydroxylation sites is 2. The van der Waals surface area contributed by atoms with E-state index in [-0.39, 0.29) is 0 Å². The molecule has 0 spiro atoms. The zero-order valence-electron chi connectivity index (χ0n) is 12.3. The fourth-order valence-corrected chi connectivity index (χ4v) is 1.78. The highest BCUT2D eigenvalue weighted by atomic mass is 16.5. The second-order valence-electron chi connectivity index (χ2n) is 4.23. The molecule has 2 rings (SSSR count). The molecule has 2 aromatic rings. The van der Waals surface area contributed by atoms with Gasteiger partial charge in [0, 0.05) is 0 Å². The minimum atomic E-state index is -0.461. The number of methoxy groups -OCH3 is 2. The lowest BCUT2D eigenvalue weighted by Crippen LogP contribution is -1.91. The predicted octanol–water partition coefficient (Wildman–Crippen LogP) is 2.68. The normalized spacial score (nSPS) is 8.82. The van der Waals surface area contributed by atoms with E-state index >= 15 is 0 Å². The number of benzene rings is 2. The van der Waals surface area contributed by atoms with Gasteiger partial charge in [-0.15, -0.1) is 0 Å². The number of ketones is 1. The van der Waals surface area contributed by atoms with Gasteiger partial charge in [-0.1, -0.05) is 36.1 Å². The summed E-state index contributed by atoms with van der Waals surface area (Å²) in [6, 6.07) is 14.5. The van der Waals surface area contributed by atoms with Crippen molar-refractivity contribution in [1.82, 2.24) is 0 Å². The van der Waals surface area contributed by atoms with Crippen LogP contribution in [0.1, 0.15) is 11.1 Å². The highest BCUT2D eigenvalue weighted by Gasteiger charge is 1.99. The fourth-order valence-electron chi connectivity index (χ4n) is 1.78. The molecule has 0 bridgehead atoms. The number of carbonyl (C=O) groups excluding carboxylic acids is 1. The van der Waals surface area contributed by atoms with E-state index in [1.807, 2.05) is 24.3 Å². The van der Waals surface area contributed by atoms with E-state index in [9.17, 15) is 4.79 Å². The average Bonchev–Trinajstić information content (AvgIpc) is 2.58. The Hall–Kier alpha value is -3.17. The summed E-state index contributed by atoms with van der Waals surface area (Å²) < 4.78 is 10.3. The summed E-state index contributed by atoms with van der Waals surface area (Å²) in [5, 5.41) is 0. The fraction of sp³-hybridized carbons (Fsp3) is 0.105. The Kier molecular flexibility index (Phi) is 5.24. The number of Topliss-reactive ketones (excluding diaryl/α,β-unsaturated/α-hetero) is 1. The monoisotopic (exact) mass is 290 g/mol. The van der Waals surface area contributed by atoms with Gasteiger partial charge < -0.3 is 9.47 Å². The van der Waals surface area contributed by atoms with Crippen LogP contribution in [0.2, 0.25) is 0 Å². The van der Waals surface area contributed by atoms with E-state index < -0.39 is 5.78 Å². The van der Waals surface area contributed by atoms with Crippen LogP contribution in [0.15, 0.2) is 48.5 Å². The predicted molar refractivity (Wildman–Crippen MR) is 84.8 cm³/mol. The van der Waals surface area contributed by atoms with Gasteiger partial charge >= 0.3 is 0 Å². The minimum absolute atomic E-state index is 0.461. The van der Waals surface area contributed by atoms with E-state index in [4.69, 9.17) is 9.47 Å². The molecule has 108 valence electrons. The molecule has 0 amide bonds. The van der Waals surface area contributed by atoms with Crippen LogP contribution in [0.3, 0.4) is 0 Å². The smallest absolute Gasteiger partial charge is 0.279 e. The molecular weight excluding hydrogens is 276 g/mol. The van der Waals surface area contributed by atoms with Gasteiger partial charge in [-0.05, 0) is 36.1 Å². The van der Waals surface area contributed by atoms with Crippen LogP contribution in [0.4, 0.5) is 0 Å². The van der Waals surface area contributed by atoms with Crippen molar-refractivity contribution in [2.45, 2.75) is 0 Å². The van der Waals surface area contributed by atoms with Crippen molar-refractivity contribution >= 4 is 5.78 Å². The Morgan fingerprint density at radius 2 is 1.18 bits per heavy atom. The molecule has 0 aliphatic rings. The first-order chi connectivity index (χ1) is 10.7. The Balaban J connectivity index is 2.19. The summed E-state index contributed by atoms with van der Waals surface area (Å²) in [4.78, 5) is 11.8. The van der Waals surface area contributed by atoms with Crippen molar-refractivity contribution in [3.8, 4) is 35.2 Å². The third-order valence-corrected chi connectivity index (χ3v) is 2.84. The molecule has 3 heteroatoms. The maximum Gasteiger partial charge on any atom is 0.279 e. The van der Waals surface area contributed by atoms with Gasteiger partial charge in [-0.25, -0.2) is 0 Å². The third-order valence-electron chi connectivity index (χ3n) is 2.84. The zero-order valence-corrected chi connectivity index (χ0v) is 12.3. The Bertz CT molecular complexity index is 731. The van der Waals surface area contributed by atoms with Crippen LogP contribution in [-0.2, 0) is 4.79 Å². The lowest BCUT2D eigenvalue weighted by Gasteiger charge is -2.00. The highest BCUT2D eigenvalue weighted by molar-refractivity contribution is 6.09. The molecule has 0 aliphatic heterocycles. The number of carbonyl (C=O) groups is 1. The van der Waals surface area contributed by atoms with Crippen molar-refractivity contribution in [3.63, 3.8) is 0 Å². The Morgan fingerprint density at radius 3 is 1.59 bits per heavy atom. The molecule has 0 radical (unpaired) electrons. The zero-order chi connectivity index (χ0) is 15.8. The van der Waals surface area contributed by atoms with Crippen molar-refractivity contribution < 1.29 is 14.3 Å². The topological polar surface area (TPSA) is 35.5 Å². The number of rotatable bonds is 2. The maximum atomic E-state index is 11.8. The summed E-state index contributed by atoms with van der Waals surface area (Å²) in [6.45, 7) is 0. The third kappa shape index (κ3) is 3.91. The quantitative estimate of drug-likeness (QED) is 0.798. The summed E-state index contributed by atoms with van der Waals surface area (Å²) in [7, 11) is 3.12.